The molecule has 0 radical (unpaired) electrons. The summed E-state index contributed by atoms with van der Waals surface area (Å²) in [5.74, 6) is 0. The molecule has 1 nitrogen and oxygen atoms in total. The lowest BCUT2D eigenvalue weighted by atomic mass is 10.5. The molecule has 0 fully saturated rings. The van der Waals surface area contributed by atoms with Crippen LogP contribution in [0.5, 0.6) is 0 Å². The van der Waals surface area contributed by atoms with Gasteiger partial charge in [0.1, 0.15) is 0 Å². The maximum absolute atomic E-state index is 11.6. The van der Waals surface area contributed by atoms with Crippen LogP contribution in [0.1, 0.15) is 13.8 Å². The zero-order chi connectivity index (χ0) is 7.28. The van der Waals surface area contributed by atoms with Crippen LogP contribution in [-0.4, -0.2) is 23.9 Å². The average molecular weight is 153 g/mol. The number of nitrogens with zero attached hydrogens (tertiary/aromatic N) is 1. The van der Waals surface area contributed by atoms with Crippen molar-refractivity contribution < 1.29 is 8.63 Å². The summed E-state index contributed by atoms with van der Waals surface area (Å²) in [4.78, 5) is 0. The number of hydrogen-bond acceptors (Lipinski definition) is 2. The molecule has 0 aromatic rings. The van der Waals surface area contributed by atoms with Crippen LogP contribution < -0.4 is 0 Å². The Morgan fingerprint density at radius 3 is 1.89 bits per heavy atom. The summed E-state index contributed by atoms with van der Waals surface area (Å²) >= 11 is 0.600. The average Bonchev–Trinajstić information content (AvgIpc) is 1.82. The minimum atomic E-state index is -2.27. The molecule has 0 saturated carbocycles. The quantitative estimate of drug-likeness (QED) is 0.448. The maximum Gasteiger partial charge on any atom is 0.624 e. The van der Waals surface area contributed by atoms with Gasteiger partial charge in [-0.1, -0.05) is 25.6 Å². The van der Waals surface area contributed by atoms with Crippen LogP contribution in [0.25, 0.3) is 0 Å². The van der Waals surface area contributed by atoms with Crippen molar-refractivity contribution in [3.05, 3.63) is 0 Å². The Morgan fingerprint density at radius 2 is 1.78 bits per heavy atom. The summed E-state index contributed by atoms with van der Waals surface area (Å²) < 4.78 is 24.8. The van der Waals surface area contributed by atoms with Gasteiger partial charge in [-0.3, -0.25) is 12.9 Å². The van der Waals surface area contributed by atoms with Crippen LogP contribution in [0.4, 0.5) is 8.63 Å². The molecule has 0 aromatic heterocycles. The van der Waals surface area contributed by atoms with Crippen LogP contribution in [0, 0.1) is 0 Å². The standard InChI is InChI=1S/C4H10BF2NS/c1-3-8(4-2)9-5(6)7/h3-4H2,1-2H3. The van der Waals surface area contributed by atoms with Crippen molar-refractivity contribution in [2.45, 2.75) is 13.8 Å². The molecule has 0 saturated heterocycles. The van der Waals surface area contributed by atoms with Gasteiger partial charge in [0.25, 0.3) is 0 Å². The van der Waals surface area contributed by atoms with E-state index in [4.69, 9.17) is 0 Å². The Kier molecular flexibility index (Phi) is 5.19. The molecule has 0 atom stereocenters. The minimum absolute atomic E-state index is 0.600. The first-order valence-corrected chi connectivity index (χ1v) is 3.74. The van der Waals surface area contributed by atoms with Crippen molar-refractivity contribution in [1.82, 2.24) is 4.31 Å². The molecule has 0 unspecified atom stereocenters. The molecule has 0 aromatic carbocycles. The summed E-state index contributed by atoms with van der Waals surface area (Å²) in [6, 6.07) is 0. The fraction of sp³-hybridized carbons (Fsp3) is 1.00. The Balaban J connectivity index is 3.31. The third kappa shape index (κ3) is 4.72. The van der Waals surface area contributed by atoms with E-state index < -0.39 is 6.55 Å². The van der Waals surface area contributed by atoms with Gasteiger partial charge in [-0.25, -0.2) is 0 Å². The third-order valence-electron chi connectivity index (χ3n) is 0.934. The SMILES string of the molecule is CCN(CC)SB(F)F. The highest BCUT2D eigenvalue weighted by molar-refractivity contribution is 8.22. The molecule has 5 heteroatoms. The lowest BCUT2D eigenvalue weighted by Gasteiger charge is -2.13. The second-order valence-corrected chi connectivity index (χ2v) is 2.56. The van der Waals surface area contributed by atoms with Crippen LogP contribution in [0.15, 0.2) is 0 Å². The van der Waals surface area contributed by atoms with Crippen molar-refractivity contribution >= 4 is 18.3 Å². The highest BCUT2D eigenvalue weighted by Gasteiger charge is 2.16. The first-order valence-electron chi connectivity index (χ1n) is 2.90. The molecule has 0 aliphatic carbocycles. The van der Waals surface area contributed by atoms with E-state index >= 15 is 0 Å². The van der Waals surface area contributed by atoms with Crippen molar-refractivity contribution in [2.24, 2.45) is 0 Å². The Labute approximate surface area is 59.0 Å². The largest absolute Gasteiger partial charge is 0.624 e. The minimum Gasteiger partial charge on any atom is -0.274 e. The van der Waals surface area contributed by atoms with Crippen molar-refractivity contribution in [2.75, 3.05) is 13.1 Å². The third-order valence-corrected chi connectivity index (χ3v) is 1.91. The van der Waals surface area contributed by atoms with E-state index in [0.29, 0.717) is 24.9 Å². The molecule has 0 aliphatic rings. The number of rotatable bonds is 4. The van der Waals surface area contributed by atoms with E-state index in [9.17, 15) is 8.63 Å². The molecule has 0 spiro atoms. The van der Waals surface area contributed by atoms with Gasteiger partial charge in [-0.2, -0.15) is 0 Å². The second kappa shape index (κ2) is 5.05. The molecule has 0 heterocycles. The summed E-state index contributed by atoms with van der Waals surface area (Å²) in [5, 5.41) is 0. The molecule has 9 heavy (non-hydrogen) atoms. The molecule has 0 rings (SSSR count). The van der Waals surface area contributed by atoms with Gasteiger partial charge in [-0.05, 0) is 0 Å². The molecular weight excluding hydrogens is 143 g/mol. The summed E-state index contributed by atoms with van der Waals surface area (Å²) in [6.07, 6.45) is 0. The van der Waals surface area contributed by atoms with Crippen LogP contribution in [-0.2, 0) is 0 Å². The van der Waals surface area contributed by atoms with E-state index in [1.165, 1.54) is 0 Å². The highest BCUT2D eigenvalue weighted by Crippen LogP contribution is 2.13. The smallest absolute Gasteiger partial charge is 0.274 e. The number of halogens is 2. The van der Waals surface area contributed by atoms with Crippen molar-refractivity contribution in [3.8, 4) is 0 Å². The summed E-state index contributed by atoms with van der Waals surface area (Å²) in [6.45, 7) is 2.79. The monoisotopic (exact) mass is 153 g/mol. The van der Waals surface area contributed by atoms with Gasteiger partial charge in [0, 0.05) is 13.1 Å². The molecule has 0 aliphatic heterocycles. The van der Waals surface area contributed by atoms with Gasteiger partial charge in [0.05, 0.1) is 0 Å². The van der Waals surface area contributed by atoms with Gasteiger partial charge in [-0.15, -0.1) is 0 Å². The summed E-state index contributed by atoms with van der Waals surface area (Å²) in [5.41, 5.74) is 0. The lowest BCUT2D eigenvalue weighted by molar-refractivity contribution is 0.525. The fourth-order valence-electron chi connectivity index (χ4n) is 0.485. The van der Waals surface area contributed by atoms with Gasteiger partial charge < -0.3 is 0 Å². The van der Waals surface area contributed by atoms with E-state index in [-0.39, 0.29) is 0 Å². The van der Waals surface area contributed by atoms with Crippen molar-refractivity contribution in [1.29, 1.82) is 0 Å². The number of hydrogen-bond donors (Lipinski definition) is 0. The van der Waals surface area contributed by atoms with E-state index in [2.05, 4.69) is 0 Å². The zero-order valence-corrected chi connectivity index (χ0v) is 6.42. The van der Waals surface area contributed by atoms with E-state index in [1.807, 2.05) is 13.8 Å². The molecular formula is C4H10BF2NS. The second-order valence-electron chi connectivity index (χ2n) is 1.48. The summed E-state index contributed by atoms with van der Waals surface area (Å²) in [7, 11) is 0. The zero-order valence-electron chi connectivity index (χ0n) is 5.60. The van der Waals surface area contributed by atoms with Crippen molar-refractivity contribution in [3.63, 3.8) is 0 Å². The molecule has 0 amide bonds. The predicted octanol–water partition coefficient (Wildman–Crippen LogP) is 1.90. The Hall–Kier alpha value is 0.235. The van der Waals surface area contributed by atoms with E-state index in [0.717, 1.165) is 0 Å². The van der Waals surface area contributed by atoms with Gasteiger partial charge in [0.15, 0.2) is 0 Å². The van der Waals surface area contributed by atoms with Crippen LogP contribution in [0.3, 0.4) is 0 Å². The first kappa shape index (κ1) is 9.23. The normalized spacial score (nSPS) is 10.3. The first-order chi connectivity index (χ1) is 4.20. The molecule has 0 bridgehead atoms. The Morgan fingerprint density at radius 1 is 1.33 bits per heavy atom. The molecule has 0 N–H and O–H groups in total. The Bertz CT molecular complexity index is 69.6. The van der Waals surface area contributed by atoms with Crippen LogP contribution in [0.2, 0.25) is 0 Å². The van der Waals surface area contributed by atoms with Gasteiger partial charge in [0.2, 0.25) is 0 Å². The maximum atomic E-state index is 11.6. The topological polar surface area (TPSA) is 3.24 Å². The van der Waals surface area contributed by atoms with E-state index in [1.54, 1.807) is 4.31 Å². The highest BCUT2D eigenvalue weighted by atomic mass is 32.2. The van der Waals surface area contributed by atoms with Crippen LogP contribution >= 0.6 is 11.8 Å². The molecule has 54 valence electrons. The fourth-order valence-corrected chi connectivity index (χ4v) is 1.01. The lowest BCUT2D eigenvalue weighted by Crippen LogP contribution is -2.17. The van der Waals surface area contributed by atoms with Gasteiger partial charge >= 0.3 is 6.55 Å². The predicted molar refractivity (Wildman–Crippen MR) is 38.5 cm³/mol.